The van der Waals surface area contributed by atoms with Gasteiger partial charge in [-0.1, -0.05) is 13.8 Å². The Morgan fingerprint density at radius 3 is 2.67 bits per heavy atom. The zero-order valence-electron chi connectivity index (χ0n) is 13.0. The molecule has 116 valence electrons. The van der Waals surface area contributed by atoms with Gasteiger partial charge in [0, 0.05) is 43.1 Å². The predicted octanol–water partition coefficient (Wildman–Crippen LogP) is 1.06. The van der Waals surface area contributed by atoms with E-state index in [4.69, 9.17) is 5.73 Å². The topological polar surface area (TPSA) is 84.1 Å². The Balaban J connectivity index is 2.04. The van der Waals surface area contributed by atoms with Crippen LogP contribution in [0.3, 0.4) is 0 Å². The van der Waals surface area contributed by atoms with Crippen molar-refractivity contribution in [3.8, 4) is 0 Å². The third-order valence-corrected chi connectivity index (χ3v) is 3.95. The summed E-state index contributed by atoms with van der Waals surface area (Å²) in [4.78, 5) is 22.4. The molecule has 6 nitrogen and oxygen atoms in total. The molecule has 6 heteroatoms. The highest BCUT2D eigenvalue weighted by Gasteiger charge is 2.29. The Morgan fingerprint density at radius 2 is 2.10 bits per heavy atom. The number of anilines is 1. The van der Waals surface area contributed by atoms with E-state index in [2.05, 4.69) is 41.0 Å². The van der Waals surface area contributed by atoms with Crippen LogP contribution in [-0.2, 0) is 11.3 Å². The lowest BCUT2D eigenvalue weighted by molar-refractivity contribution is -0.122. The van der Waals surface area contributed by atoms with Crippen LogP contribution in [0.25, 0.3) is 0 Å². The molecule has 21 heavy (non-hydrogen) atoms. The first kappa shape index (κ1) is 15.7. The van der Waals surface area contributed by atoms with Gasteiger partial charge < -0.3 is 16.0 Å². The number of nitrogens with zero attached hydrogens (tertiary/aromatic N) is 3. The summed E-state index contributed by atoms with van der Waals surface area (Å²) in [5.74, 6) is 0.346. The van der Waals surface area contributed by atoms with Crippen LogP contribution < -0.4 is 16.0 Å². The summed E-state index contributed by atoms with van der Waals surface area (Å²) in [7, 11) is 0. The lowest BCUT2D eigenvalue weighted by Crippen LogP contribution is -2.46. The summed E-state index contributed by atoms with van der Waals surface area (Å²) in [6.45, 7) is 7.72. The van der Waals surface area contributed by atoms with E-state index in [0.717, 1.165) is 24.9 Å². The molecule has 0 bridgehead atoms. The van der Waals surface area contributed by atoms with Crippen molar-refractivity contribution in [1.29, 1.82) is 0 Å². The van der Waals surface area contributed by atoms with E-state index in [1.54, 1.807) is 0 Å². The molecule has 0 spiro atoms. The zero-order chi connectivity index (χ0) is 15.4. The van der Waals surface area contributed by atoms with Gasteiger partial charge in [-0.05, 0) is 19.8 Å². The molecule has 1 aromatic rings. The van der Waals surface area contributed by atoms with E-state index >= 15 is 0 Å². The van der Waals surface area contributed by atoms with Gasteiger partial charge in [0.05, 0.1) is 5.92 Å². The van der Waals surface area contributed by atoms with Gasteiger partial charge in [0.1, 0.15) is 0 Å². The average Bonchev–Trinajstić information content (AvgIpc) is 2.46. The van der Waals surface area contributed by atoms with Crippen LogP contribution in [0.5, 0.6) is 0 Å². The number of carbonyl (C=O) groups is 1. The van der Waals surface area contributed by atoms with Crippen LogP contribution in [0.4, 0.5) is 5.95 Å². The number of piperidine rings is 1. The number of primary amides is 1. The molecule has 0 radical (unpaired) electrons. The minimum Gasteiger partial charge on any atom is -0.369 e. The van der Waals surface area contributed by atoms with Crippen LogP contribution in [0, 0.1) is 5.92 Å². The molecule has 2 unspecified atom stereocenters. The fourth-order valence-electron chi connectivity index (χ4n) is 2.53. The Bertz CT molecular complexity index is 473. The minimum absolute atomic E-state index is 0.105. The minimum atomic E-state index is -0.232. The molecule has 2 atom stereocenters. The van der Waals surface area contributed by atoms with Gasteiger partial charge in [-0.15, -0.1) is 0 Å². The van der Waals surface area contributed by atoms with E-state index in [1.165, 1.54) is 0 Å². The third kappa shape index (κ3) is 4.14. The SMILES string of the molecule is CC(C)NCc1cnc(N2CC(C(N)=O)CCC2C)nc1. The van der Waals surface area contributed by atoms with Gasteiger partial charge in [0.25, 0.3) is 0 Å². The Hall–Kier alpha value is -1.69. The summed E-state index contributed by atoms with van der Waals surface area (Å²) in [6.07, 6.45) is 5.48. The van der Waals surface area contributed by atoms with Crippen molar-refractivity contribution in [2.45, 2.75) is 52.2 Å². The number of carbonyl (C=O) groups excluding carboxylic acids is 1. The highest BCUT2D eigenvalue weighted by atomic mass is 16.1. The van der Waals surface area contributed by atoms with E-state index in [1.807, 2.05) is 12.4 Å². The normalized spacial score (nSPS) is 22.6. The smallest absolute Gasteiger partial charge is 0.225 e. The summed E-state index contributed by atoms with van der Waals surface area (Å²) in [5, 5.41) is 3.34. The quantitative estimate of drug-likeness (QED) is 0.847. The molecule has 1 aliphatic rings. The van der Waals surface area contributed by atoms with E-state index in [-0.39, 0.29) is 11.8 Å². The van der Waals surface area contributed by atoms with Crippen LogP contribution in [0.1, 0.15) is 39.2 Å². The van der Waals surface area contributed by atoms with Gasteiger partial charge in [-0.25, -0.2) is 9.97 Å². The molecule has 1 saturated heterocycles. The number of hydrogen-bond donors (Lipinski definition) is 2. The molecular formula is C15H25N5O. The molecule has 2 rings (SSSR count). The van der Waals surface area contributed by atoms with Crippen molar-refractivity contribution in [3.05, 3.63) is 18.0 Å². The predicted molar refractivity (Wildman–Crippen MR) is 82.7 cm³/mol. The molecule has 0 aromatic carbocycles. The van der Waals surface area contributed by atoms with Crippen molar-refractivity contribution in [2.24, 2.45) is 11.7 Å². The number of hydrogen-bond acceptors (Lipinski definition) is 5. The molecule has 0 aliphatic carbocycles. The second-order valence-electron chi connectivity index (χ2n) is 6.10. The van der Waals surface area contributed by atoms with E-state index in [9.17, 15) is 4.79 Å². The highest BCUT2D eigenvalue weighted by Crippen LogP contribution is 2.24. The standard InChI is InChI=1S/C15H25N5O/c1-10(2)17-6-12-7-18-15(19-8-12)20-9-13(14(16)21)5-4-11(20)3/h7-8,10-11,13,17H,4-6,9H2,1-3H3,(H2,16,21). The first-order valence-corrected chi connectivity index (χ1v) is 7.57. The summed E-state index contributed by atoms with van der Waals surface area (Å²) < 4.78 is 0. The molecule has 1 amide bonds. The van der Waals surface area contributed by atoms with E-state index in [0.29, 0.717) is 24.6 Å². The molecule has 2 heterocycles. The summed E-state index contributed by atoms with van der Waals surface area (Å²) in [5.41, 5.74) is 6.49. The van der Waals surface area contributed by atoms with Crippen molar-refractivity contribution < 1.29 is 4.79 Å². The highest BCUT2D eigenvalue weighted by molar-refractivity contribution is 5.77. The largest absolute Gasteiger partial charge is 0.369 e. The molecule has 1 aromatic heterocycles. The Kier molecular flexibility index (Phi) is 5.12. The molecule has 0 saturated carbocycles. The van der Waals surface area contributed by atoms with Gasteiger partial charge >= 0.3 is 0 Å². The number of aromatic nitrogens is 2. The van der Waals surface area contributed by atoms with Crippen LogP contribution >= 0.6 is 0 Å². The summed E-state index contributed by atoms with van der Waals surface area (Å²) in [6, 6.07) is 0.767. The Labute approximate surface area is 126 Å². The van der Waals surface area contributed by atoms with Crippen LogP contribution in [0.15, 0.2) is 12.4 Å². The van der Waals surface area contributed by atoms with Gasteiger partial charge in [-0.3, -0.25) is 4.79 Å². The molecule has 1 fully saturated rings. The lowest BCUT2D eigenvalue weighted by atomic mass is 9.93. The number of rotatable bonds is 5. The van der Waals surface area contributed by atoms with Crippen LogP contribution in [-0.4, -0.2) is 34.5 Å². The van der Waals surface area contributed by atoms with Gasteiger partial charge in [-0.2, -0.15) is 0 Å². The van der Waals surface area contributed by atoms with Gasteiger partial charge in [0.2, 0.25) is 11.9 Å². The van der Waals surface area contributed by atoms with Gasteiger partial charge in [0.15, 0.2) is 0 Å². The fraction of sp³-hybridized carbons (Fsp3) is 0.667. The lowest BCUT2D eigenvalue weighted by Gasteiger charge is -2.36. The van der Waals surface area contributed by atoms with Crippen molar-refractivity contribution in [2.75, 3.05) is 11.4 Å². The maximum Gasteiger partial charge on any atom is 0.225 e. The second-order valence-corrected chi connectivity index (χ2v) is 6.10. The summed E-state index contributed by atoms with van der Waals surface area (Å²) >= 11 is 0. The zero-order valence-corrected chi connectivity index (χ0v) is 13.0. The fourth-order valence-corrected chi connectivity index (χ4v) is 2.53. The Morgan fingerprint density at radius 1 is 1.43 bits per heavy atom. The van der Waals surface area contributed by atoms with Crippen molar-refractivity contribution >= 4 is 11.9 Å². The number of nitrogens with two attached hydrogens (primary N) is 1. The number of amides is 1. The molecule has 1 aliphatic heterocycles. The maximum absolute atomic E-state index is 11.4. The number of nitrogens with one attached hydrogen (secondary N) is 1. The molecule has 3 N–H and O–H groups in total. The van der Waals surface area contributed by atoms with Crippen LogP contribution in [0.2, 0.25) is 0 Å². The van der Waals surface area contributed by atoms with Crippen molar-refractivity contribution in [1.82, 2.24) is 15.3 Å². The first-order chi connectivity index (χ1) is 9.97. The maximum atomic E-state index is 11.4. The molecular weight excluding hydrogens is 266 g/mol. The van der Waals surface area contributed by atoms with E-state index < -0.39 is 0 Å². The first-order valence-electron chi connectivity index (χ1n) is 7.57. The second kappa shape index (κ2) is 6.85. The third-order valence-electron chi connectivity index (χ3n) is 3.95. The van der Waals surface area contributed by atoms with Crippen molar-refractivity contribution in [3.63, 3.8) is 0 Å². The average molecular weight is 291 g/mol. The monoisotopic (exact) mass is 291 g/mol.